The molecule has 0 fully saturated rings. The molecule has 3 rings (SSSR count). The molecule has 3 aromatic rings. The zero-order chi connectivity index (χ0) is 15.7. The molecule has 0 saturated heterocycles. The second-order valence-electron chi connectivity index (χ2n) is 4.96. The highest BCUT2D eigenvalue weighted by atomic mass is 19.1. The first kappa shape index (κ1) is 14.3. The van der Waals surface area contributed by atoms with Crippen molar-refractivity contribution in [2.75, 3.05) is 25.6 Å². The van der Waals surface area contributed by atoms with Crippen molar-refractivity contribution in [1.29, 1.82) is 0 Å². The van der Waals surface area contributed by atoms with Crippen molar-refractivity contribution in [1.82, 2.24) is 14.6 Å². The van der Waals surface area contributed by atoms with Crippen LogP contribution in [0.15, 0.2) is 36.5 Å². The molecule has 0 spiro atoms. The summed E-state index contributed by atoms with van der Waals surface area (Å²) >= 11 is 0. The molecule has 22 heavy (non-hydrogen) atoms. The van der Waals surface area contributed by atoms with Crippen molar-refractivity contribution in [2.45, 2.75) is 6.92 Å². The minimum atomic E-state index is -0.326. The van der Waals surface area contributed by atoms with Gasteiger partial charge in [0.05, 0.1) is 19.0 Å². The molecule has 0 atom stereocenters. The maximum atomic E-state index is 13.6. The Morgan fingerprint density at radius 3 is 2.82 bits per heavy atom. The van der Waals surface area contributed by atoms with Crippen LogP contribution in [0.2, 0.25) is 0 Å². The summed E-state index contributed by atoms with van der Waals surface area (Å²) in [6.45, 7) is 2.89. The van der Waals surface area contributed by atoms with E-state index in [1.54, 1.807) is 23.9 Å². The largest absolute Gasteiger partial charge is 0.496 e. The van der Waals surface area contributed by atoms with Crippen molar-refractivity contribution >= 4 is 11.5 Å². The van der Waals surface area contributed by atoms with Gasteiger partial charge in [-0.25, -0.2) is 13.9 Å². The quantitative estimate of drug-likeness (QED) is 0.743. The highest BCUT2D eigenvalue weighted by molar-refractivity contribution is 5.70. The summed E-state index contributed by atoms with van der Waals surface area (Å²) in [6.07, 6.45) is 1.68. The van der Waals surface area contributed by atoms with E-state index in [-0.39, 0.29) is 5.82 Å². The van der Waals surface area contributed by atoms with Gasteiger partial charge in [-0.15, -0.1) is 5.10 Å². The van der Waals surface area contributed by atoms with Crippen LogP contribution in [0.25, 0.3) is 16.9 Å². The van der Waals surface area contributed by atoms with Gasteiger partial charge in [0.1, 0.15) is 17.4 Å². The van der Waals surface area contributed by atoms with Crippen LogP contribution in [-0.2, 0) is 0 Å². The number of imidazole rings is 1. The topological polar surface area (TPSA) is 42.7 Å². The Balaban J connectivity index is 2.21. The third-order valence-electron chi connectivity index (χ3n) is 3.65. The first-order chi connectivity index (χ1) is 10.6. The molecule has 1 aromatic carbocycles. The summed E-state index contributed by atoms with van der Waals surface area (Å²) < 4.78 is 20.7. The third-order valence-corrected chi connectivity index (χ3v) is 3.65. The minimum Gasteiger partial charge on any atom is -0.496 e. The van der Waals surface area contributed by atoms with Crippen LogP contribution in [0.5, 0.6) is 5.75 Å². The van der Waals surface area contributed by atoms with Gasteiger partial charge in [-0.2, -0.15) is 0 Å². The molecule has 0 aliphatic carbocycles. The Kier molecular flexibility index (Phi) is 3.66. The number of aromatic nitrogens is 3. The van der Waals surface area contributed by atoms with Gasteiger partial charge in [0, 0.05) is 19.2 Å². The number of ether oxygens (including phenoxy) is 1. The van der Waals surface area contributed by atoms with Gasteiger partial charge in [0.2, 0.25) is 0 Å². The number of fused-ring (bicyclic) bond motifs is 1. The molecule has 2 aromatic heterocycles. The number of nitrogens with zero attached hydrogens (tertiary/aromatic N) is 4. The number of anilines is 1. The molecule has 0 radical (unpaired) electrons. The van der Waals surface area contributed by atoms with Crippen LogP contribution in [-0.4, -0.2) is 35.3 Å². The van der Waals surface area contributed by atoms with Gasteiger partial charge in [0.15, 0.2) is 5.65 Å². The Labute approximate surface area is 128 Å². The van der Waals surface area contributed by atoms with Crippen LogP contribution in [0.1, 0.15) is 6.92 Å². The van der Waals surface area contributed by atoms with E-state index in [0.717, 1.165) is 12.4 Å². The molecule has 0 amide bonds. The van der Waals surface area contributed by atoms with Crippen molar-refractivity contribution < 1.29 is 9.13 Å². The van der Waals surface area contributed by atoms with Crippen LogP contribution >= 0.6 is 0 Å². The predicted molar refractivity (Wildman–Crippen MR) is 83.9 cm³/mol. The molecule has 0 aliphatic heterocycles. The Bertz CT molecular complexity index is 815. The summed E-state index contributed by atoms with van der Waals surface area (Å²) in [7, 11) is 3.53. The Hall–Kier alpha value is -2.63. The molecule has 0 unspecified atom stereocenters. The molecule has 6 heteroatoms. The average molecular weight is 300 g/mol. The lowest BCUT2D eigenvalue weighted by Gasteiger charge is -2.15. The first-order valence-corrected chi connectivity index (χ1v) is 7.04. The Morgan fingerprint density at radius 2 is 2.09 bits per heavy atom. The van der Waals surface area contributed by atoms with Crippen LogP contribution < -0.4 is 9.64 Å². The normalized spacial score (nSPS) is 10.9. The van der Waals surface area contributed by atoms with Gasteiger partial charge in [-0.05, 0) is 37.3 Å². The van der Waals surface area contributed by atoms with E-state index in [1.165, 1.54) is 12.1 Å². The average Bonchev–Trinajstić information content (AvgIpc) is 2.96. The second-order valence-corrected chi connectivity index (χ2v) is 4.96. The summed E-state index contributed by atoms with van der Waals surface area (Å²) in [4.78, 5) is 6.35. The standard InChI is InChI=1S/C16H17FN4O/c1-4-20(2)16-8-7-15-18-10-13(21(15)19-16)12-9-11(17)5-6-14(12)22-3/h5-10H,4H2,1-3H3. The maximum Gasteiger partial charge on any atom is 0.154 e. The maximum absolute atomic E-state index is 13.6. The summed E-state index contributed by atoms with van der Waals surface area (Å²) in [5.41, 5.74) is 2.02. The zero-order valence-electron chi connectivity index (χ0n) is 12.7. The molecule has 5 nitrogen and oxygen atoms in total. The molecule has 0 saturated carbocycles. The van der Waals surface area contributed by atoms with Gasteiger partial charge in [0.25, 0.3) is 0 Å². The van der Waals surface area contributed by atoms with Crippen molar-refractivity contribution in [2.24, 2.45) is 0 Å². The fourth-order valence-corrected chi connectivity index (χ4v) is 2.29. The lowest BCUT2D eigenvalue weighted by atomic mass is 10.1. The number of hydrogen-bond donors (Lipinski definition) is 0. The molecular formula is C16H17FN4O. The van der Waals surface area contributed by atoms with E-state index >= 15 is 0 Å². The SMILES string of the molecule is CCN(C)c1ccc2ncc(-c3cc(F)ccc3OC)n2n1. The fraction of sp³-hybridized carbons (Fsp3) is 0.250. The highest BCUT2D eigenvalue weighted by Crippen LogP contribution is 2.31. The first-order valence-electron chi connectivity index (χ1n) is 7.04. The molecule has 0 N–H and O–H groups in total. The van der Waals surface area contributed by atoms with E-state index in [1.807, 2.05) is 24.1 Å². The van der Waals surface area contributed by atoms with E-state index < -0.39 is 0 Å². The third kappa shape index (κ3) is 2.36. The number of rotatable bonds is 4. The number of halogens is 1. The summed E-state index contributed by atoms with van der Waals surface area (Å²) in [6, 6.07) is 8.21. The smallest absolute Gasteiger partial charge is 0.154 e. The van der Waals surface area contributed by atoms with E-state index in [4.69, 9.17) is 4.74 Å². The lowest BCUT2D eigenvalue weighted by Crippen LogP contribution is -2.18. The summed E-state index contributed by atoms with van der Waals surface area (Å²) in [5, 5.41) is 4.59. The molecule has 0 bridgehead atoms. The van der Waals surface area contributed by atoms with Crippen LogP contribution in [0, 0.1) is 5.82 Å². The van der Waals surface area contributed by atoms with Crippen molar-refractivity contribution in [3.63, 3.8) is 0 Å². The molecule has 0 aliphatic rings. The number of methoxy groups -OCH3 is 1. The monoisotopic (exact) mass is 300 g/mol. The lowest BCUT2D eigenvalue weighted by molar-refractivity contribution is 0.415. The van der Waals surface area contributed by atoms with Gasteiger partial charge < -0.3 is 9.64 Å². The Morgan fingerprint density at radius 1 is 1.27 bits per heavy atom. The number of benzene rings is 1. The predicted octanol–water partition coefficient (Wildman–Crippen LogP) is 3.00. The minimum absolute atomic E-state index is 0.326. The van der Waals surface area contributed by atoms with Crippen LogP contribution in [0.3, 0.4) is 0 Å². The fourth-order valence-electron chi connectivity index (χ4n) is 2.29. The number of hydrogen-bond acceptors (Lipinski definition) is 4. The van der Waals surface area contributed by atoms with Crippen LogP contribution in [0.4, 0.5) is 10.2 Å². The van der Waals surface area contributed by atoms with Crippen molar-refractivity contribution in [3.05, 3.63) is 42.3 Å². The van der Waals surface area contributed by atoms with Gasteiger partial charge in [-0.3, -0.25) is 0 Å². The zero-order valence-corrected chi connectivity index (χ0v) is 12.7. The molecule has 114 valence electrons. The highest BCUT2D eigenvalue weighted by Gasteiger charge is 2.14. The second kappa shape index (κ2) is 5.63. The van der Waals surface area contributed by atoms with E-state index in [2.05, 4.69) is 17.0 Å². The van der Waals surface area contributed by atoms with E-state index in [0.29, 0.717) is 22.7 Å². The van der Waals surface area contributed by atoms with E-state index in [9.17, 15) is 4.39 Å². The van der Waals surface area contributed by atoms with Gasteiger partial charge >= 0.3 is 0 Å². The molecule has 2 heterocycles. The van der Waals surface area contributed by atoms with Gasteiger partial charge in [-0.1, -0.05) is 0 Å². The van der Waals surface area contributed by atoms with Crippen molar-refractivity contribution in [3.8, 4) is 17.0 Å². The molecular weight excluding hydrogens is 283 g/mol. The summed E-state index contributed by atoms with van der Waals surface area (Å²) in [5.74, 6) is 1.08.